The van der Waals surface area contributed by atoms with Gasteiger partial charge in [0.05, 0.1) is 24.2 Å². The Kier molecular flexibility index (Phi) is 7.10. The minimum absolute atomic E-state index is 0.177. The maximum Gasteiger partial charge on any atom is 0.255 e. The lowest BCUT2D eigenvalue weighted by Crippen LogP contribution is -2.40. The number of rotatable bonds is 6. The Bertz CT molecular complexity index is 1020. The molecule has 8 nitrogen and oxygen atoms in total. The van der Waals surface area contributed by atoms with E-state index >= 15 is 0 Å². The number of carbonyl (C=O) groups is 1. The third-order valence-corrected chi connectivity index (χ3v) is 7.84. The number of methoxy groups -OCH3 is 1. The molecule has 172 valence electrons. The molecule has 0 aliphatic carbocycles. The molecule has 2 aromatic rings. The fourth-order valence-electron chi connectivity index (χ4n) is 4.04. The van der Waals surface area contributed by atoms with Gasteiger partial charge in [0, 0.05) is 50.2 Å². The molecule has 2 fully saturated rings. The van der Waals surface area contributed by atoms with E-state index in [-0.39, 0.29) is 16.9 Å². The van der Waals surface area contributed by atoms with E-state index in [1.165, 1.54) is 28.6 Å². The largest absolute Gasteiger partial charge is 0.380 e. The van der Waals surface area contributed by atoms with Crippen molar-refractivity contribution in [3.63, 3.8) is 0 Å². The van der Waals surface area contributed by atoms with Crippen LogP contribution in [0.15, 0.2) is 53.4 Å². The lowest BCUT2D eigenvalue weighted by atomic mass is 10.1. The van der Waals surface area contributed by atoms with Gasteiger partial charge in [-0.25, -0.2) is 8.42 Å². The molecule has 4 rings (SSSR count). The smallest absolute Gasteiger partial charge is 0.255 e. The van der Waals surface area contributed by atoms with Gasteiger partial charge >= 0.3 is 0 Å². The zero-order valence-electron chi connectivity index (χ0n) is 18.2. The quantitative estimate of drug-likeness (QED) is 0.714. The first-order chi connectivity index (χ1) is 15.5. The molecule has 1 N–H and O–H groups in total. The van der Waals surface area contributed by atoms with Crippen LogP contribution in [0.4, 0.5) is 11.4 Å². The highest BCUT2D eigenvalue weighted by atomic mass is 32.2. The minimum atomic E-state index is -3.58. The zero-order chi connectivity index (χ0) is 22.6. The van der Waals surface area contributed by atoms with Crippen LogP contribution in [0.2, 0.25) is 0 Å². The predicted molar refractivity (Wildman–Crippen MR) is 123 cm³/mol. The molecule has 0 aromatic heterocycles. The first-order valence-electron chi connectivity index (χ1n) is 10.8. The first kappa shape index (κ1) is 22.7. The van der Waals surface area contributed by atoms with E-state index in [9.17, 15) is 13.2 Å². The Morgan fingerprint density at radius 1 is 1.03 bits per heavy atom. The van der Waals surface area contributed by atoms with Gasteiger partial charge in [-0.3, -0.25) is 4.79 Å². The second-order valence-electron chi connectivity index (χ2n) is 7.99. The van der Waals surface area contributed by atoms with E-state index < -0.39 is 10.0 Å². The average molecular weight is 460 g/mol. The number of hydrogen-bond acceptors (Lipinski definition) is 6. The van der Waals surface area contributed by atoms with Crippen LogP contribution in [-0.2, 0) is 19.5 Å². The SMILES string of the molecule is COC1CCCN(c2ccc(NC(=O)c3ccc(S(=O)(=O)N4CCOCC4)cc3)cc2)C1. The second-order valence-corrected chi connectivity index (χ2v) is 9.93. The van der Waals surface area contributed by atoms with Gasteiger partial charge in [-0.2, -0.15) is 4.31 Å². The zero-order valence-corrected chi connectivity index (χ0v) is 19.0. The van der Waals surface area contributed by atoms with Crippen molar-refractivity contribution >= 4 is 27.3 Å². The molecule has 0 saturated carbocycles. The second kappa shape index (κ2) is 9.99. The summed E-state index contributed by atoms with van der Waals surface area (Å²) in [6.45, 7) is 3.31. The number of carbonyl (C=O) groups excluding carboxylic acids is 1. The molecule has 0 spiro atoms. The molecule has 1 atom stereocenters. The van der Waals surface area contributed by atoms with Crippen LogP contribution < -0.4 is 10.2 Å². The van der Waals surface area contributed by atoms with Gasteiger partial charge < -0.3 is 19.7 Å². The van der Waals surface area contributed by atoms with Crippen LogP contribution in [0, 0.1) is 0 Å². The molecule has 0 bridgehead atoms. The Hall–Kier alpha value is -2.46. The van der Waals surface area contributed by atoms with E-state index in [0.29, 0.717) is 37.6 Å². The molecule has 0 radical (unpaired) electrons. The van der Waals surface area contributed by atoms with Crippen molar-refractivity contribution in [3.05, 3.63) is 54.1 Å². The maximum atomic E-state index is 12.7. The Labute approximate surface area is 189 Å². The van der Waals surface area contributed by atoms with Crippen molar-refractivity contribution in [2.45, 2.75) is 23.8 Å². The molecule has 2 aliphatic heterocycles. The molecule has 32 heavy (non-hydrogen) atoms. The Morgan fingerprint density at radius 3 is 2.38 bits per heavy atom. The number of sulfonamides is 1. The summed E-state index contributed by atoms with van der Waals surface area (Å²) in [6, 6.07) is 13.8. The number of amides is 1. The predicted octanol–water partition coefficient (Wildman–Crippen LogP) is 2.58. The first-order valence-corrected chi connectivity index (χ1v) is 12.3. The number of morpholine rings is 1. The molecular formula is C23H29N3O5S. The molecule has 1 unspecified atom stereocenters. The Morgan fingerprint density at radius 2 is 1.72 bits per heavy atom. The normalized spacial score (nSPS) is 20.2. The van der Waals surface area contributed by atoms with Crippen molar-refractivity contribution in [3.8, 4) is 0 Å². The lowest BCUT2D eigenvalue weighted by molar-refractivity contribution is 0.0730. The lowest BCUT2D eigenvalue weighted by Gasteiger charge is -2.33. The number of hydrogen-bond donors (Lipinski definition) is 1. The van der Waals surface area contributed by atoms with Crippen LogP contribution in [0.25, 0.3) is 0 Å². The minimum Gasteiger partial charge on any atom is -0.380 e. The number of nitrogens with one attached hydrogen (secondary N) is 1. The maximum absolute atomic E-state index is 12.7. The van der Waals surface area contributed by atoms with Gasteiger partial charge in [0.25, 0.3) is 5.91 Å². The number of benzene rings is 2. The van der Waals surface area contributed by atoms with Crippen LogP contribution >= 0.6 is 0 Å². The van der Waals surface area contributed by atoms with Crippen molar-refractivity contribution in [2.24, 2.45) is 0 Å². The molecule has 9 heteroatoms. The summed E-state index contributed by atoms with van der Waals surface area (Å²) in [7, 11) is -1.83. The molecule has 2 saturated heterocycles. The number of piperidine rings is 1. The molecule has 2 heterocycles. The third kappa shape index (κ3) is 5.12. The summed E-state index contributed by atoms with van der Waals surface area (Å²) in [5, 5.41) is 2.87. The summed E-state index contributed by atoms with van der Waals surface area (Å²) in [5.74, 6) is -0.287. The molecular weight excluding hydrogens is 430 g/mol. The summed E-state index contributed by atoms with van der Waals surface area (Å²) in [6.07, 6.45) is 2.42. The monoisotopic (exact) mass is 459 g/mol. The summed E-state index contributed by atoms with van der Waals surface area (Å²) >= 11 is 0. The number of nitrogens with zero attached hydrogens (tertiary/aromatic N) is 2. The van der Waals surface area contributed by atoms with Crippen molar-refractivity contribution < 1.29 is 22.7 Å². The van der Waals surface area contributed by atoms with Crippen LogP contribution in [0.1, 0.15) is 23.2 Å². The van der Waals surface area contributed by atoms with E-state index in [2.05, 4.69) is 10.2 Å². The highest BCUT2D eigenvalue weighted by Crippen LogP contribution is 2.23. The van der Waals surface area contributed by atoms with Gasteiger partial charge in [0.1, 0.15) is 0 Å². The summed E-state index contributed by atoms with van der Waals surface area (Å²) in [5.41, 5.74) is 2.18. The van der Waals surface area contributed by atoms with Gasteiger partial charge in [-0.05, 0) is 61.4 Å². The van der Waals surface area contributed by atoms with E-state index in [1.807, 2.05) is 24.3 Å². The third-order valence-electron chi connectivity index (χ3n) is 5.93. The van der Waals surface area contributed by atoms with Crippen molar-refractivity contribution in [1.29, 1.82) is 0 Å². The highest BCUT2D eigenvalue weighted by Gasteiger charge is 2.26. The molecule has 1 amide bonds. The molecule has 2 aliphatic rings. The topological polar surface area (TPSA) is 88.2 Å². The summed E-state index contributed by atoms with van der Waals surface area (Å²) < 4.78 is 37.6. The highest BCUT2D eigenvalue weighted by molar-refractivity contribution is 7.89. The number of ether oxygens (including phenoxy) is 2. The van der Waals surface area contributed by atoms with E-state index in [0.717, 1.165) is 31.6 Å². The molecule has 2 aromatic carbocycles. The average Bonchev–Trinajstić information content (AvgIpc) is 2.85. The van der Waals surface area contributed by atoms with Crippen molar-refractivity contribution in [1.82, 2.24) is 4.31 Å². The van der Waals surface area contributed by atoms with Crippen LogP contribution in [0.5, 0.6) is 0 Å². The van der Waals surface area contributed by atoms with E-state index in [4.69, 9.17) is 9.47 Å². The standard InChI is InChI=1S/C23H29N3O5S/c1-30-21-3-2-12-25(17-21)20-8-6-19(7-9-20)24-23(27)18-4-10-22(11-5-18)32(28,29)26-13-15-31-16-14-26/h4-11,21H,2-3,12-17H2,1H3,(H,24,27). The fourth-order valence-corrected chi connectivity index (χ4v) is 5.45. The summed E-state index contributed by atoms with van der Waals surface area (Å²) in [4.78, 5) is 15.1. The Balaban J connectivity index is 1.38. The fraction of sp³-hybridized carbons (Fsp3) is 0.435. The van der Waals surface area contributed by atoms with Gasteiger partial charge in [0.15, 0.2) is 0 Å². The van der Waals surface area contributed by atoms with Gasteiger partial charge in [-0.1, -0.05) is 0 Å². The van der Waals surface area contributed by atoms with Crippen LogP contribution in [0.3, 0.4) is 0 Å². The van der Waals surface area contributed by atoms with Gasteiger partial charge in [0.2, 0.25) is 10.0 Å². The van der Waals surface area contributed by atoms with Gasteiger partial charge in [-0.15, -0.1) is 0 Å². The van der Waals surface area contributed by atoms with E-state index in [1.54, 1.807) is 7.11 Å². The number of anilines is 2. The van der Waals surface area contributed by atoms with Crippen LogP contribution in [-0.4, -0.2) is 71.2 Å². The van der Waals surface area contributed by atoms with Crippen molar-refractivity contribution in [2.75, 3.05) is 56.7 Å².